The van der Waals surface area contributed by atoms with E-state index < -0.39 is 0 Å². The van der Waals surface area contributed by atoms with Gasteiger partial charge < -0.3 is 4.57 Å². The number of hydrogen-bond donors (Lipinski definition) is 0. The van der Waals surface area contributed by atoms with E-state index in [9.17, 15) is 4.79 Å². The van der Waals surface area contributed by atoms with Crippen LogP contribution in [0.3, 0.4) is 0 Å². The average Bonchev–Trinajstić information content (AvgIpc) is 2.84. The Morgan fingerprint density at radius 2 is 2.00 bits per heavy atom. The second-order valence-corrected chi connectivity index (χ2v) is 4.30. The number of benzene rings is 1. The van der Waals surface area contributed by atoms with Crippen LogP contribution in [0.2, 0.25) is 0 Å². The molecule has 5 nitrogen and oxygen atoms in total. The molecule has 3 aromatic rings. The molecule has 0 aliphatic rings. The third kappa shape index (κ3) is 2.22. The van der Waals surface area contributed by atoms with Gasteiger partial charge in [-0.3, -0.25) is 9.78 Å². The van der Waals surface area contributed by atoms with Gasteiger partial charge in [0.1, 0.15) is 11.5 Å². The van der Waals surface area contributed by atoms with Crippen molar-refractivity contribution in [3.8, 4) is 0 Å². The molecule has 5 heteroatoms. The van der Waals surface area contributed by atoms with Crippen LogP contribution in [0, 0.1) is 0 Å². The number of rotatable bonds is 3. The molecule has 0 unspecified atom stereocenters. The normalized spacial score (nSPS) is 10.8. The van der Waals surface area contributed by atoms with Crippen molar-refractivity contribution in [2.45, 2.75) is 6.42 Å². The molecule has 0 saturated heterocycles. The van der Waals surface area contributed by atoms with E-state index in [0.29, 0.717) is 5.69 Å². The fourth-order valence-electron chi connectivity index (χ4n) is 1.89. The Bertz CT molecular complexity index is 748. The maximum absolute atomic E-state index is 12.2. The number of ketones is 1. The van der Waals surface area contributed by atoms with Crippen molar-refractivity contribution in [2.24, 2.45) is 7.05 Å². The second-order valence-electron chi connectivity index (χ2n) is 4.30. The van der Waals surface area contributed by atoms with E-state index in [1.807, 2.05) is 42.1 Å². The maximum Gasteiger partial charge on any atom is 0.190 e. The smallest absolute Gasteiger partial charge is 0.190 e. The molecule has 1 aromatic carbocycles. The zero-order valence-electron chi connectivity index (χ0n) is 10.4. The van der Waals surface area contributed by atoms with Crippen LogP contribution in [0.4, 0.5) is 0 Å². The summed E-state index contributed by atoms with van der Waals surface area (Å²) in [5.41, 5.74) is 1.89. The lowest BCUT2D eigenvalue weighted by Gasteiger charge is -2.02. The summed E-state index contributed by atoms with van der Waals surface area (Å²) in [5, 5.41) is 0. The number of Topliss-reactive ketones (excluding diaryl/α,β-unsaturated/α-hetero) is 1. The molecule has 3 rings (SSSR count). The van der Waals surface area contributed by atoms with Crippen LogP contribution in [0.5, 0.6) is 0 Å². The third-order valence-corrected chi connectivity index (χ3v) is 2.97. The zero-order valence-corrected chi connectivity index (χ0v) is 10.4. The fourth-order valence-corrected chi connectivity index (χ4v) is 1.89. The molecule has 0 atom stereocenters. The van der Waals surface area contributed by atoms with Crippen LogP contribution in [0.1, 0.15) is 16.3 Å². The number of imidazole rings is 1. The first-order valence-corrected chi connectivity index (χ1v) is 5.95. The molecular formula is C14H12N4O. The number of fused-ring (bicyclic) bond motifs is 1. The van der Waals surface area contributed by atoms with Gasteiger partial charge in [0.15, 0.2) is 5.78 Å². The molecule has 0 bridgehead atoms. The number of aryl methyl sites for hydroxylation is 1. The summed E-state index contributed by atoms with van der Waals surface area (Å²) in [7, 11) is 1.86. The number of carbonyl (C=O) groups is 1. The Balaban J connectivity index is 1.91. The monoisotopic (exact) mass is 252 g/mol. The van der Waals surface area contributed by atoms with Gasteiger partial charge in [-0.25, -0.2) is 9.97 Å². The van der Waals surface area contributed by atoms with Gasteiger partial charge in [0.05, 0.1) is 23.7 Å². The largest absolute Gasteiger partial charge is 0.338 e. The summed E-state index contributed by atoms with van der Waals surface area (Å²) in [6.07, 6.45) is 5.24. The maximum atomic E-state index is 12.2. The van der Waals surface area contributed by atoms with Crippen molar-refractivity contribution in [1.29, 1.82) is 0 Å². The summed E-state index contributed by atoms with van der Waals surface area (Å²) in [5.74, 6) is 0.646. The lowest BCUT2D eigenvalue weighted by Crippen LogP contribution is -2.10. The molecule has 2 heterocycles. The number of para-hydroxylation sites is 2. The minimum Gasteiger partial charge on any atom is -0.338 e. The van der Waals surface area contributed by atoms with Crippen LogP contribution in [-0.4, -0.2) is 25.3 Å². The van der Waals surface area contributed by atoms with E-state index in [4.69, 9.17) is 0 Å². The van der Waals surface area contributed by atoms with E-state index in [2.05, 4.69) is 15.0 Å². The Morgan fingerprint density at radius 3 is 2.74 bits per heavy atom. The highest BCUT2D eigenvalue weighted by molar-refractivity contribution is 5.96. The lowest BCUT2D eigenvalue weighted by molar-refractivity contribution is 0.0985. The predicted octanol–water partition coefficient (Wildman–Crippen LogP) is 1.79. The van der Waals surface area contributed by atoms with Crippen molar-refractivity contribution in [3.63, 3.8) is 0 Å². The highest BCUT2D eigenvalue weighted by Gasteiger charge is 2.12. The fraction of sp³-hybridized carbons (Fsp3) is 0.143. The summed E-state index contributed by atoms with van der Waals surface area (Å²) in [4.78, 5) is 24.9. The van der Waals surface area contributed by atoms with Crippen LogP contribution < -0.4 is 0 Å². The number of nitrogens with zero attached hydrogens (tertiary/aromatic N) is 4. The van der Waals surface area contributed by atoms with Gasteiger partial charge in [-0.2, -0.15) is 0 Å². The van der Waals surface area contributed by atoms with Gasteiger partial charge in [0, 0.05) is 19.4 Å². The van der Waals surface area contributed by atoms with Gasteiger partial charge in [-0.15, -0.1) is 0 Å². The number of aromatic nitrogens is 4. The molecule has 19 heavy (non-hydrogen) atoms. The summed E-state index contributed by atoms with van der Waals surface area (Å²) in [6, 6.07) is 7.49. The molecular weight excluding hydrogens is 240 g/mol. The Morgan fingerprint density at radius 1 is 1.21 bits per heavy atom. The summed E-state index contributed by atoms with van der Waals surface area (Å²) in [6.45, 7) is 0. The van der Waals surface area contributed by atoms with Gasteiger partial charge >= 0.3 is 0 Å². The van der Waals surface area contributed by atoms with Crippen LogP contribution in [0.25, 0.3) is 11.0 Å². The molecule has 0 amide bonds. The topological polar surface area (TPSA) is 60.7 Å². The number of hydrogen-bond acceptors (Lipinski definition) is 4. The minimum absolute atomic E-state index is 0.0763. The van der Waals surface area contributed by atoms with Gasteiger partial charge in [0.2, 0.25) is 0 Å². The van der Waals surface area contributed by atoms with Crippen LogP contribution in [0.15, 0.2) is 42.9 Å². The van der Waals surface area contributed by atoms with Crippen molar-refractivity contribution in [3.05, 3.63) is 54.4 Å². The van der Waals surface area contributed by atoms with E-state index in [1.165, 1.54) is 6.20 Å². The first-order chi connectivity index (χ1) is 9.24. The van der Waals surface area contributed by atoms with Gasteiger partial charge in [0.25, 0.3) is 0 Å². The summed E-state index contributed by atoms with van der Waals surface area (Å²) >= 11 is 0. The minimum atomic E-state index is -0.0763. The quantitative estimate of drug-likeness (QED) is 0.667. The molecule has 0 spiro atoms. The van der Waals surface area contributed by atoms with Crippen molar-refractivity contribution in [1.82, 2.24) is 19.5 Å². The second kappa shape index (κ2) is 4.61. The first-order valence-electron chi connectivity index (χ1n) is 5.95. The molecule has 0 aliphatic heterocycles. The van der Waals surface area contributed by atoms with Crippen LogP contribution >= 0.6 is 0 Å². The lowest BCUT2D eigenvalue weighted by atomic mass is 10.2. The highest BCUT2D eigenvalue weighted by atomic mass is 16.1. The summed E-state index contributed by atoms with van der Waals surface area (Å²) < 4.78 is 1.83. The van der Waals surface area contributed by atoms with Gasteiger partial charge in [-0.05, 0) is 12.1 Å². The molecule has 0 aliphatic carbocycles. The molecule has 2 aromatic heterocycles. The predicted molar refractivity (Wildman–Crippen MR) is 70.8 cm³/mol. The molecule has 0 fully saturated rings. The molecule has 94 valence electrons. The Labute approximate surface area is 110 Å². The number of carbonyl (C=O) groups excluding carboxylic acids is 1. The van der Waals surface area contributed by atoms with E-state index in [-0.39, 0.29) is 12.2 Å². The standard InChI is InChI=1S/C14H12N4O/c1-18-7-6-15-14(18)8-13(19)12-9-16-10-4-2-3-5-11(10)17-12/h2-7,9H,8H2,1H3. The molecule has 0 saturated carbocycles. The van der Waals surface area contributed by atoms with Crippen molar-refractivity contribution < 1.29 is 4.79 Å². The van der Waals surface area contributed by atoms with Crippen molar-refractivity contribution >= 4 is 16.8 Å². The zero-order chi connectivity index (χ0) is 13.2. The van der Waals surface area contributed by atoms with Crippen molar-refractivity contribution in [2.75, 3.05) is 0 Å². The molecule has 0 N–H and O–H groups in total. The molecule has 0 radical (unpaired) electrons. The average molecular weight is 252 g/mol. The van der Waals surface area contributed by atoms with Gasteiger partial charge in [-0.1, -0.05) is 12.1 Å². The van der Waals surface area contributed by atoms with E-state index >= 15 is 0 Å². The van der Waals surface area contributed by atoms with E-state index in [1.54, 1.807) is 6.20 Å². The Kier molecular flexibility index (Phi) is 2.79. The first kappa shape index (κ1) is 11.5. The Hall–Kier alpha value is -2.56. The third-order valence-electron chi connectivity index (χ3n) is 2.97. The highest BCUT2D eigenvalue weighted by Crippen LogP contribution is 2.10. The SMILES string of the molecule is Cn1ccnc1CC(=O)c1cnc2ccccc2n1. The van der Waals surface area contributed by atoms with E-state index in [0.717, 1.165) is 16.9 Å². The van der Waals surface area contributed by atoms with Crippen LogP contribution in [-0.2, 0) is 13.5 Å².